The van der Waals surface area contributed by atoms with Crippen molar-refractivity contribution in [3.8, 4) is 0 Å². The van der Waals surface area contributed by atoms with E-state index in [2.05, 4.69) is 10.1 Å². The highest BCUT2D eigenvalue weighted by molar-refractivity contribution is 5.55. The van der Waals surface area contributed by atoms with Gasteiger partial charge in [0.15, 0.2) is 5.82 Å². The van der Waals surface area contributed by atoms with Crippen molar-refractivity contribution in [1.82, 2.24) is 4.98 Å². The van der Waals surface area contributed by atoms with Crippen molar-refractivity contribution in [2.75, 3.05) is 5.73 Å². The molecule has 48 valence electrons. The Hall–Kier alpha value is -1.45. The molecular formula is C5H8N4. The standard InChI is InChI=1S/C5H6N4.H2/c6-5-4(9-7)2-1-3-8-5;/h1-3,7H,(H2,6,8);1H. The number of nitrogens with zero attached hydrogens (tertiary/aromatic N) is 2. The number of anilines is 1. The Kier molecular flexibility index (Phi) is 1.40. The normalized spacial score (nSPS) is 8.89. The lowest BCUT2D eigenvalue weighted by Crippen LogP contribution is -1.87. The summed E-state index contributed by atoms with van der Waals surface area (Å²) in [7, 11) is 0. The smallest absolute Gasteiger partial charge is 0.151 e. The predicted molar refractivity (Wildman–Crippen MR) is 35.6 cm³/mol. The van der Waals surface area contributed by atoms with Gasteiger partial charge in [-0.25, -0.2) is 10.5 Å². The molecule has 1 rings (SSSR count). The van der Waals surface area contributed by atoms with E-state index in [4.69, 9.17) is 11.3 Å². The number of nitrogens with one attached hydrogen (secondary N) is 1. The zero-order valence-corrected chi connectivity index (χ0v) is 4.70. The molecule has 1 heterocycles. The van der Waals surface area contributed by atoms with Crippen molar-refractivity contribution in [1.29, 1.82) is 5.53 Å². The molecule has 0 aromatic carbocycles. The van der Waals surface area contributed by atoms with E-state index < -0.39 is 0 Å². The van der Waals surface area contributed by atoms with Crippen LogP contribution in [0.5, 0.6) is 0 Å². The molecule has 4 heteroatoms. The number of rotatable bonds is 1. The number of nitrogens with two attached hydrogens (primary N) is 1. The minimum absolute atomic E-state index is 0. The molecule has 0 fully saturated rings. The first kappa shape index (κ1) is 5.68. The van der Waals surface area contributed by atoms with Crippen LogP contribution >= 0.6 is 0 Å². The van der Waals surface area contributed by atoms with E-state index in [1.54, 1.807) is 18.3 Å². The van der Waals surface area contributed by atoms with Gasteiger partial charge < -0.3 is 5.73 Å². The highest BCUT2D eigenvalue weighted by Crippen LogP contribution is 2.16. The lowest BCUT2D eigenvalue weighted by Gasteiger charge is -1.91. The first-order chi connectivity index (χ1) is 4.34. The molecule has 0 unspecified atom stereocenters. The minimum Gasteiger partial charge on any atom is -0.382 e. The molecule has 0 radical (unpaired) electrons. The van der Waals surface area contributed by atoms with Gasteiger partial charge in [-0.3, -0.25) is 0 Å². The monoisotopic (exact) mass is 124 g/mol. The molecule has 1 aromatic rings. The molecular weight excluding hydrogens is 116 g/mol. The molecule has 0 aliphatic heterocycles. The van der Waals surface area contributed by atoms with Crippen LogP contribution in [0.2, 0.25) is 0 Å². The van der Waals surface area contributed by atoms with Gasteiger partial charge >= 0.3 is 0 Å². The van der Waals surface area contributed by atoms with Crippen molar-refractivity contribution in [3.63, 3.8) is 0 Å². The Balaban J connectivity index is 0.000000810. The SMILES string of the molecule is N=Nc1cccnc1N.[HH]. The Morgan fingerprint density at radius 1 is 1.78 bits per heavy atom. The second kappa shape index (κ2) is 2.21. The minimum atomic E-state index is 0. The van der Waals surface area contributed by atoms with E-state index >= 15 is 0 Å². The molecule has 0 aliphatic carbocycles. The highest BCUT2D eigenvalue weighted by atomic mass is 15.0. The van der Waals surface area contributed by atoms with Crippen molar-refractivity contribution in [3.05, 3.63) is 18.3 Å². The summed E-state index contributed by atoms with van der Waals surface area (Å²) >= 11 is 0. The molecule has 0 bridgehead atoms. The van der Waals surface area contributed by atoms with Crippen molar-refractivity contribution in [2.24, 2.45) is 5.11 Å². The zero-order valence-electron chi connectivity index (χ0n) is 4.70. The molecule has 9 heavy (non-hydrogen) atoms. The molecule has 0 saturated heterocycles. The van der Waals surface area contributed by atoms with E-state index in [1.807, 2.05) is 0 Å². The summed E-state index contributed by atoms with van der Waals surface area (Å²) in [4.78, 5) is 3.71. The van der Waals surface area contributed by atoms with Gasteiger partial charge in [0.05, 0.1) is 0 Å². The van der Waals surface area contributed by atoms with Crippen LogP contribution in [0.1, 0.15) is 1.43 Å². The van der Waals surface area contributed by atoms with E-state index in [1.165, 1.54) is 0 Å². The molecule has 0 spiro atoms. The first-order valence-electron chi connectivity index (χ1n) is 2.42. The van der Waals surface area contributed by atoms with Gasteiger partial charge in [0.1, 0.15) is 5.69 Å². The summed E-state index contributed by atoms with van der Waals surface area (Å²) in [5, 5.41) is 3.13. The van der Waals surface area contributed by atoms with Gasteiger partial charge in [-0.1, -0.05) is 0 Å². The van der Waals surface area contributed by atoms with Crippen LogP contribution in [-0.2, 0) is 0 Å². The molecule has 0 amide bonds. The third kappa shape index (κ3) is 1.02. The molecule has 3 N–H and O–H groups in total. The Morgan fingerprint density at radius 2 is 2.56 bits per heavy atom. The fourth-order valence-electron chi connectivity index (χ4n) is 0.504. The largest absolute Gasteiger partial charge is 0.382 e. The molecule has 0 atom stereocenters. The fourth-order valence-corrected chi connectivity index (χ4v) is 0.504. The topological polar surface area (TPSA) is 75.1 Å². The molecule has 1 aromatic heterocycles. The van der Waals surface area contributed by atoms with Gasteiger partial charge in [-0.05, 0) is 12.1 Å². The lowest BCUT2D eigenvalue weighted by atomic mass is 10.4. The highest BCUT2D eigenvalue weighted by Gasteiger charge is 1.92. The quantitative estimate of drug-likeness (QED) is 0.557. The molecule has 0 aliphatic rings. The summed E-state index contributed by atoms with van der Waals surface area (Å²) in [5.41, 5.74) is 12.3. The lowest BCUT2D eigenvalue weighted by molar-refractivity contribution is 1.13. The van der Waals surface area contributed by atoms with Gasteiger partial charge in [0, 0.05) is 7.62 Å². The number of hydrogen-bond acceptors (Lipinski definition) is 4. The fraction of sp³-hybridized carbons (Fsp3) is 0. The van der Waals surface area contributed by atoms with E-state index in [9.17, 15) is 0 Å². The Labute approximate surface area is 53.7 Å². The predicted octanol–water partition coefficient (Wildman–Crippen LogP) is 1.57. The number of pyridine rings is 1. The Bertz CT molecular complexity index is 225. The maximum atomic E-state index is 6.59. The summed E-state index contributed by atoms with van der Waals surface area (Å²) < 4.78 is 0. The summed E-state index contributed by atoms with van der Waals surface area (Å²) in [6, 6.07) is 3.32. The third-order valence-electron chi connectivity index (χ3n) is 0.937. The second-order valence-corrected chi connectivity index (χ2v) is 1.52. The van der Waals surface area contributed by atoms with Crippen LogP contribution in [0.4, 0.5) is 11.5 Å². The van der Waals surface area contributed by atoms with Crippen LogP contribution in [0.3, 0.4) is 0 Å². The summed E-state index contributed by atoms with van der Waals surface area (Å²) in [6.07, 6.45) is 1.56. The Morgan fingerprint density at radius 3 is 3.00 bits per heavy atom. The number of nitrogen functional groups attached to an aromatic ring is 1. The summed E-state index contributed by atoms with van der Waals surface area (Å²) in [6.45, 7) is 0. The molecule has 4 nitrogen and oxygen atoms in total. The summed E-state index contributed by atoms with van der Waals surface area (Å²) in [5.74, 6) is 0.299. The number of aromatic nitrogens is 1. The van der Waals surface area contributed by atoms with Gasteiger partial charge in [0.25, 0.3) is 0 Å². The second-order valence-electron chi connectivity index (χ2n) is 1.52. The van der Waals surface area contributed by atoms with Crippen LogP contribution < -0.4 is 5.73 Å². The van der Waals surface area contributed by atoms with Gasteiger partial charge in [0.2, 0.25) is 0 Å². The van der Waals surface area contributed by atoms with Gasteiger partial charge in [-0.2, -0.15) is 5.11 Å². The van der Waals surface area contributed by atoms with Crippen molar-refractivity contribution >= 4 is 11.5 Å². The van der Waals surface area contributed by atoms with Crippen LogP contribution in [0.25, 0.3) is 0 Å². The van der Waals surface area contributed by atoms with Gasteiger partial charge in [-0.15, -0.1) is 0 Å². The van der Waals surface area contributed by atoms with Crippen LogP contribution in [0.15, 0.2) is 23.4 Å². The van der Waals surface area contributed by atoms with Crippen LogP contribution in [-0.4, -0.2) is 4.98 Å². The first-order valence-corrected chi connectivity index (χ1v) is 2.42. The average Bonchev–Trinajstić information content (AvgIpc) is 1.89. The maximum absolute atomic E-state index is 6.59. The van der Waals surface area contributed by atoms with Crippen LogP contribution in [0, 0.1) is 5.53 Å². The average molecular weight is 124 g/mol. The van der Waals surface area contributed by atoms with E-state index in [-0.39, 0.29) is 1.43 Å². The maximum Gasteiger partial charge on any atom is 0.151 e. The molecule has 0 saturated carbocycles. The van der Waals surface area contributed by atoms with Crippen molar-refractivity contribution in [2.45, 2.75) is 0 Å². The van der Waals surface area contributed by atoms with Crippen molar-refractivity contribution < 1.29 is 1.43 Å². The van der Waals surface area contributed by atoms with E-state index in [0.717, 1.165) is 0 Å². The third-order valence-corrected chi connectivity index (χ3v) is 0.937. The zero-order chi connectivity index (χ0) is 6.69. The number of hydrogen-bond donors (Lipinski definition) is 2. The van der Waals surface area contributed by atoms with E-state index in [0.29, 0.717) is 11.5 Å².